The molecule has 2 aromatic heterocycles. The standard InChI is InChI=1S/C28H31N5O5S/c1-3-22(34)32-11-7-17(15-32)30-26(35)25-24-23-21(6-10-29-27(23)39-25)33(28(36)31-24)20-5-4-19(14-16(20)2)38-18-8-12-37-13-9-18/h3-6,10,14,17-18,26,30,35H,1,7-9,11-13,15H2,2H3,(H,31,36)/t17-,26?/m1/s1. The van der Waals surface area contributed by atoms with Crippen molar-refractivity contribution >= 4 is 50.6 Å². The molecular weight excluding hydrogens is 518 g/mol. The number of pyridine rings is 1. The van der Waals surface area contributed by atoms with Gasteiger partial charge in [-0.1, -0.05) is 6.58 Å². The molecule has 3 N–H and O–H groups in total. The summed E-state index contributed by atoms with van der Waals surface area (Å²) in [5.74, 6) is 0.652. The van der Waals surface area contributed by atoms with E-state index in [0.717, 1.165) is 40.1 Å². The number of urea groups is 1. The molecular formula is C28H31N5O5S. The minimum Gasteiger partial charge on any atom is -0.490 e. The maximum atomic E-state index is 13.5. The van der Waals surface area contributed by atoms with Gasteiger partial charge in [-0.3, -0.25) is 15.0 Å². The first-order valence-corrected chi connectivity index (χ1v) is 14.0. The number of aromatic nitrogens is 1. The Balaban J connectivity index is 1.27. The average molecular weight is 550 g/mol. The Morgan fingerprint density at radius 1 is 1.31 bits per heavy atom. The molecule has 2 atom stereocenters. The highest BCUT2D eigenvalue weighted by atomic mass is 32.1. The molecule has 3 amide bonds. The lowest BCUT2D eigenvalue weighted by Crippen LogP contribution is -2.37. The minimum absolute atomic E-state index is 0.0750. The van der Waals surface area contributed by atoms with Crippen LogP contribution in [-0.2, 0) is 9.53 Å². The second kappa shape index (κ2) is 10.6. The van der Waals surface area contributed by atoms with Crippen molar-refractivity contribution in [2.75, 3.05) is 36.5 Å². The van der Waals surface area contributed by atoms with Crippen LogP contribution in [-0.4, -0.2) is 65.4 Å². The van der Waals surface area contributed by atoms with Gasteiger partial charge in [0.25, 0.3) is 0 Å². The molecule has 10 nitrogen and oxygen atoms in total. The first-order chi connectivity index (χ1) is 18.9. The van der Waals surface area contributed by atoms with Gasteiger partial charge in [-0.25, -0.2) is 9.78 Å². The molecule has 0 bridgehead atoms. The number of nitrogens with one attached hydrogen (secondary N) is 2. The molecule has 204 valence electrons. The molecule has 0 saturated carbocycles. The van der Waals surface area contributed by atoms with Crippen molar-refractivity contribution in [3.05, 3.63) is 53.6 Å². The number of likely N-dealkylation sites (tertiary alicyclic amines) is 1. The summed E-state index contributed by atoms with van der Waals surface area (Å²) in [6, 6.07) is 7.19. The minimum atomic E-state index is -1.02. The zero-order valence-corrected chi connectivity index (χ0v) is 22.5. The van der Waals surface area contributed by atoms with Crippen LogP contribution in [0.4, 0.5) is 21.9 Å². The Kier molecular flexibility index (Phi) is 6.98. The van der Waals surface area contributed by atoms with Crippen molar-refractivity contribution in [1.82, 2.24) is 15.2 Å². The highest BCUT2D eigenvalue weighted by Crippen LogP contribution is 2.48. The van der Waals surface area contributed by atoms with E-state index >= 15 is 0 Å². The number of nitrogens with zero attached hydrogens (tertiary/aromatic N) is 3. The second-order valence-corrected chi connectivity index (χ2v) is 11.1. The highest BCUT2D eigenvalue weighted by molar-refractivity contribution is 7.19. The number of anilines is 3. The van der Waals surface area contributed by atoms with E-state index in [0.29, 0.717) is 49.0 Å². The van der Waals surface area contributed by atoms with Crippen LogP contribution in [0.5, 0.6) is 5.75 Å². The van der Waals surface area contributed by atoms with E-state index in [-0.39, 0.29) is 24.1 Å². The summed E-state index contributed by atoms with van der Waals surface area (Å²) in [5.41, 5.74) is 2.92. The number of carbonyl (C=O) groups is 2. The number of rotatable bonds is 7. The summed E-state index contributed by atoms with van der Waals surface area (Å²) < 4.78 is 11.6. The molecule has 2 saturated heterocycles. The van der Waals surface area contributed by atoms with E-state index in [4.69, 9.17) is 9.47 Å². The third kappa shape index (κ3) is 4.87. The molecule has 39 heavy (non-hydrogen) atoms. The lowest BCUT2D eigenvalue weighted by Gasteiger charge is -2.30. The molecule has 2 fully saturated rings. The Bertz CT molecular complexity index is 1440. The van der Waals surface area contributed by atoms with Crippen LogP contribution >= 0.6 is 11.3 Å². The van der Waals surface area contributed by atoms with Crippen LogP contribution in [0.2, 0.25) is 0 Å². The molecule has 0 spiro atoms. The topological polar surface area (TPSA) is 116 Å². The van der Waals surface area contributed by atoms with Gasteiger partial charge >= 0.3 is 6.03 Å². The zero-order chi connectivity index (χ0) is 27.1. The SMILES string of the molecule is C=CC(=O)N1CC[C@@H](NC(O)c2sc3nccc4c3c2NC(=O)N4c2ccc(OC3CCOCC3)cc2C)C1. The zero-order valence-electron chi connectivity index (χ0n) is 21.7. The number of aliphatic hydroxyl groups is 1. The fourth-order valence-electron chi connectivity index (χ4n) is 5.50. The Morgan fingerprint density at radius 3 is 2.90 bits per heavy atom. The molecule has 3 aliphatic heterocycles. The molecule has 6 rings (SSSR count). The van der Waals surface area contributed by atoms with Crippen molar-refractivity contribution in [2.45, 2.75) is 44.6 Å². The third-order valence-corrected chi connectivity index (χ3v) is 8.62. The fourth-order valence-corrected chi connectivity index (χ4v) is 6.57. The van der Waals surface area contributed by atoms with Gasteiger partial charge in [0.15, 0.2) is 0 Å². The third-order valence-electron chi connectivity index (χ3n) is 7.47. The number of aryl methyl sites for hydroxylation is 1. The van der Waals surface area contributed by atoms with Crippen LogP contribution in [0.25, 0.3) is 10.2 Å². The van der Waals surface area contributed by atoms with E-state index in [1.165, 1.54) is 17.4 Å². The molecule has 5 heterocycles. The first kappa shape index (κ1) is 25.8. The van der Waals surface area contributed by atoms with Gasteiger partial charge in [-0.2, -0.15) is 0 Å². The predicted molar refractivity (Wildman–Crippen MR) is 150 cm³/mol. The maximum absolute atomic E-state index is 13.5. The number of aliphatic hydroxyl groups excluding tert-OH is 1. The van der Waals surface area contributed by atoms with Crippen molar-refractivity contribution < 1.29 is 24.2 Å². The van der Waals surface area contributed by atoms with E-state index in [1.54, 1.807) is 16.0 Å². The van der Waals surface area contributed by atoms with Gasteiger partial charge in [-0.05, 0) is 49.2 Å². The summed E-state index contributed by atoms with van der Waals surface area (Å²) in [4.78, 5) is 34.6. The molecule has 3 aliphatic rings. The number of thiophene rings is 1. The molecule has 0 aliphatic carbocycles. The number of ether oxygens (including phenoxy) is 2. The molecule has 1 aromatic carbocycles. The summed E-state index contributed by atoms with van der Waals surface area (Å²) in [7, 11) is 0. The van der Waals surface area contributed by atoms with Gasteiger partial charge < -0.3 is 24.8 Å². The Labute approximate surface area is 230 Å². The first-order valence-electron chi connectivity index (χ1n) is 13.2. The summed E-state index contributed by atoms with van der Waals surface area (Å²) in [6.45, 7) is 8.01. The molecule has 1 unspecified atom stereocenters. The highest BCUT2D eigenvalue weighted by Gasteiger charge is 2.34. The second-order valence-electron chi connectivity index (χ2n) is 10.0. The van der Waals surface area contributed by atoms with E-state index in [2.05, 4.69) is 22.2 Å². The normalized spacial score (nSPS) is 20.3. The van der Waals surface area contributed by atoms with Crippen molar-refractivity contribution in [3.63, 3.8) is 0 Å². The maximum Gasteiger partial charge on any atom is 0.331 e. The Morgan fingerprint density at radius 2 is 2.13 bits per heavy atom. The smallest absolute Gasteiger partial charge is 0.331 e. The molecule has 0 radical (unpaired) electrons. The number of carbonyl (C=O) groups excluding carboxylic acids is 2. The monoisotopic (exact) mass is 549 g/mol. The molecule has 11 heteroatoms. The van der Waals surface area contributed by atoms with E-state index < -0.39 is 6.23 Å². The van der Waals surface area contributed by atoms with Crippen LogP contribution in [0, 0.1) is 6.92 Å². The van der Waals surface area contributed by atoms with Gasteiger partial charge in [-0.15, -0.1) is 11.3 Å². The van der Waals surface area contributed by atoms with Crippen molar-refractivity contribution in [1.29, 1.82) is 0 Å². The largest absolute Gasteiger partial charge is 0.490 e. The summed E-state index contributed by atoms with van der Waals surface area (Å²) in [5, 5.41) is 18.1. The summed E-state index contributed by atoms with van der Waals surface area (Å²) in [6.07, 6.45) is 4.53. The van der Waals surface area contributed by atoms with E-state index in [1.807, 2.05) is 31.2 Å². The Hall–Kier alpha value is -3.51. The lowest BCUT2D eigenvalue weighted by atomic mass is 10.1. The van der Waals surface area contributed by atoms with Crippen LogP contribution < -0.4 is 20.3 Å². The fraction of sp³-hybridized carbons (Fsp3) is 0.393. The van der Waals surface area contributed by atoms with E-state index in [9.17, 15) is 14.7 Å². The number of hydrogen-bond acceptors (Lipinski definition) is 8. The number of benzene rings is 1. The van der Waals surface area contributed by atoms with Gasteiger partial charge in [0, 0.05) is 38.2 Å². The lowest BCUT2D eigenvalue weighted by molar-refractivity contribution is -0.125. The summed E-state index contributed by atoms with van der Waals surface area (Å²) >= 11 is 1.34. The number of amides is 3. The molecule has 3 aromatic rings. The average Bonchev–Trinajstić information content (AvgIpc) is 3.55. The predicted octanol–water partition coefficient (Wildman–Crippen LogP) is 4.21. The number of hydrogen-bond donors (Lipinski definition) is 3. The van der Waals surface area contributed by atoms with Crippen molar-refractivity contribution in [2.24, 2.45) is 0 Å². The van der Waals surface area contributed by atoms with Crippen LogP contribution in [0.3, 0.4) is 0 Å². The van der Waals surface area contributed by atoms with Gasteiger partial charge in [0.05, 0.1) is 40.5 Å². The van der Waals surface area contributed by atoms with Crippen LogP contribution in [0.15, 0.2) is 43.1 Å². The quantitative estimate of drug-likeness (QED) is 0.299. The van der Waals surface area contributed by atoms with Crippen molar-refractivity contribution in [3.8, 4) is 5.75 Å². The van der Waals surface area contributed by atoms with Crippen LogP contribution in [0.1, 0.15) is 35.9 Å². The van der Waals surface area contributed by atoms with Gasteiger partial charge in [0.1, 0.15) is 22.9 Å². The van der Waals surface area contributed by atoms with Gasteiger partial charge in [0.2, 0.25) is 5.91 Å².